The van der Waals surface area contributed by atoms with E-state index in [4.69, 9.17) is 9.47 Å². The van der Waals surface area contributed by atoms with Crippen molar-refractivity contribution >= 4 is 15.9 Å². The van der Waals surface area contributed by atoms with Crippen molar-refractivity contribution in [2.75, 3.05) is 7.11 Å². The van der Waals surface area contributed by atoms with E-state index in [0.29, 0.717) is 11.5 Å². The van der Waals surface area contributed by atoms with Crippen LogP contribution in [0.3, 0.4) is 0 Å². The van der Waals surface area contributed by atoms with Crippen molar-refractivity contribution in [3.8, 4) is 11.5 Å². The highest BCUT2D eigenvalue weighted by molar-refractivity contribution is 9.10. The summed E-state index contributed by atoms with van der Waals surface area (Å²) in [5, 5.41) is 0. The molecule has 0 aliphatic heterocycles. The molecule has 19 heavy (non-hydrogen) atoms. The van der Waals surface area contributed by atoms with Gasteiger partial charge in [-0.1, -0.05) is 0 Å². The maximum atomic E-state index is 13.7. The Morgan fingerprint density at radius 1 is 1.00 bits per heavy atom. The molecule has 0 saturated carbocycles. The number of benzene rings is 2. The second-order valence-electron chi connectivity index (χ2n) is 3.79. The van der Waals surface area contributed by atoms with Crippen molar-refractivity contribution in [1.82, 2.24) is 0 Å². The lowest BCUT2D eigenvalue weighted by Crippen LogP contribution is -2.02. The van der Waals surface area contributed by atoms with Crippen LogP contribution >= 0.6 is 15.9 Å². The third kappa shape index (κ3) is 3.23. The van der Waals surface area contributed by atoms with Crippen molar-refractivity contribution in [3.63, 3.8) is 0 Å². The molecule has 0 amide bonds. The van der Waals surface area contributed by atoms with Gasteiger partial charge in [0.15, 0.2) is 0 Å². The summed E-state index contributed by atoms with van der Waals surface area (Å²) in [6, 6.07) is 9.28. The number of halogens is 3. The van der Waals surface area contributed by atoms with E-state index < -0.39 is 11.6 Å². The standard InChI is InChI=1S/C14H11BrF2O2/c1-18-9-2-4-10(5-3-9)19-8-11-13(16)7-6-12(15)14(11)17/h2-7H,8H2,1H3. The Kier molecular flexibility index (Phi) is 4.37. The molecule has 0 spiro atoms. The van der Waals surface area contributed by atoms with Crippen LogP contribution in [-0.4, -0.2) is 7.11 Å². The lowest BCUT2D eigenvalue weighted by atomic mass is 10.2. The average Bonchev–Trinajstić information content (AvgIpc) is 2.44. The smallest absolute Gasteiger partial charge is 0.146 e. The molecule has 0 unspecified atom stereocenters. The van der Waals surface area contributed by atoms with E-state index in [1.165, 1.54) is 12.1 Å². The van der Waals surface area contributed by atoms with E-state index in [2.05, 4.69) is 15.9 Å². The molecule has 0 aliphatic rings. The largest absolute Gasteiger partial charge is 0.497 e. The Morgan fingerprint density at radius 2 is 1.63 bits per heavy atom. The summed E-state index contributed by atoms with van der Waals surface area (Å²) in [6.45, 7) is -0.177. The van der Waals surface area contributed by atoms with Crippen LogP contribution in [0.4, 0.5) is 8.78 Å². The SMILES string of the molecule is COc1ccc(OCc2c(F)ccc(Br)c2F)cc1. The maximum Gasteiger partial charge on any atom is 0.146 e. The first-order valence-corrected chi connectivity index (χ1v) is 6.30. The minimum absolute atomic E-state index is 0.106. The van der Waals surface area contributed by atoms with E-state index in [0.717, 1.165) is 0 Å². The van der Waals surface area contributed by atoms with Gasteiger partial charge in [0.2, 0.25) is 0 Å². The molecule has 2 aromatic rings. The number of ether oxygens (including phenoxy) is 2. The van der Waals surface area contributed by atoms with Gasteiger partial charge in [0.1, 0.15) is 29.7 Å². The minimum Gasteiger partial charge on any atom is -0.497 e. The molecule has 0 atom stereocenters. The molecule has 0 bridgehead atoms. The first-order chi connectivity index (χ1) is 9.11. The molecule has 0 saturated heterocycles. The number of rotatable bonds is 4. The van der Waals surface area contributed by atoms with Crippen molar-refractivity contribution in [2.45, 2.75) is 6.61 Å². The highest BCUT2D eigenvalue weighted by atomic mass is 79.9. The Labute approximate surface area is 118 Å². The third-order valence-electron chi connectivity index (χ3n) is 2.58. The quantitative estimate of drug-likeness (QED) is 0.778. The summed E-state index contributed by atoms with van der Waals surface area (Å²) < 4.78 is 37.8. The van der Waals surface area contributed by atoms with Crippen LogP contribution < -0.4 is 9.47 Å². The summed E-state index contributed by atoms with van der Waals surface area (Å²) in [5.41, 5.74) is -0.106. The van der Waals surface area contributed by atoms with Crippen LogP contribution in [0.2, 0.25) is 0 Å². The number of hydrogen-bond acceptors (Lipinski definition) is 2. The molecule has 0 fully saturated rings. The van der Waals surface area contributed by atoms with Gasteiger partial charge in [0.05, 0.1) is 17.1 Å². The van der Waals surface area contributed by atoms with Crippen molar-refractivity contribution in [1.29, 1.82) is 0 Å². The van der Waals surface area contributed by atoms with Crippen molar-refractivity contribution < 1.29 is 18.3 Å². The fourth-order valence-corrected chi connectivity index (χ4v) is 1.90. The summed E-state index contributed by atoms with van der Waals surface area (Å²) >= 11 is 3.01. The zero-order chi connectivity index (χ0) is 13.8. The summed E-state index contributed by atoms with van der Waals surface area (Å²) in [5.74, 6) is -0.0746. The van der Waals surface area contributed by atoms with Crippen LogP contribution in [-0.2, 0) is 6.61 Å². The van der Waals surface area contributed by atoms with Gasteiger partial charge in [0, 0.05) is 0 Å². The average molecular weight is 329 g/mol. The predicted molar refractivity (Wildman–Crippen MR) is 71.4 cm³/mol. The molecule has 0 heterocycles. The van der Waals surface area contributed by atoms with E-state index in [-0.39, 0.29) is 16.6 Å². The van der Waals surface area contributed by atoms with E-state index in [1.54, 1.807) is 31.4 Å². The first kappa shape index (κ1) is 13.8. The number of methoxy groups -OCH3 is 1. The molecule has 5 heteroatoms. The molecule has 0 radical (unpaired) electrons. The van der Waals surface area contributed by atoms with Crippen LogP contribution in [0.25, 0.3) is 0 Å². The zero-order valence-electron chi connectivity index (χ0n) is 10.1. The highest BCUT2D eigenvalue weighted by Gasteiger charge is 2.12. The highest BCUT2D eigenvalue weighted by Crippen LogP contribution is 2.24. The number of hydrogen-bond donors (Lipinski definition) is 0. The van der Waals surface area contributed by atoms with Crippen molar-refractivity contribution in [2.24, 2.45) is 0 Å². The molecular formula is C14H11BrF2O2. The Bertz CT molecular complexity index is 570. The second-order valence-corrected chi connectivity index (χ2v) is 4.64. The van der Waals surface area contributed by atoms with Crippen LogP contribution in [0.1, 0.15) is 5.56 Å². The van der Waals surface area contributed by atoms with Gasteiger partial charge < -0.3 is 9.47 Å². The minimum atomic E-state index is -0.645. The molecule has 2 aromatic carbocycles. The van der Waals surface area contributed by atoms with Crippen LogP contribution in [0.5, 0.6) is 11.5 Å². The fourth-order valence-electron chi connectivity index (χ4n) is 1.53. The van der Waals surface area contributed by atoms with Gasteiger partial charge in [0.25, 0.3) is 0 Å². The topological polar surface area (TPSA) is 18.5 Å². The fraction of sp³-hybridized carbons (Fsp3) is 0.143. The van der Waals surface area contributed by atoms with E-state index >= 15 is 0 Å². The third-order valence-corrected chi connectivity index (χ3v) is 3.19. The Hall–Kier alpha value is -1.62. The van der Waals surface area contributed by atoms with E-state index in [9.17, 15) is 8.78 Å². The lowest BCUT2D eigenvalue weighted by Gasteiger charge is -2.09. The molecule has 0 aliphatic carbocycles. The van der Waals surface area contributed by atoms with Gasteiger partial charge in [-0.15, -0.1) is 0 Å². The Morgan fingerprint density at radius 3 is 2.26 bits per heavy atom. The molecule has 0 N–H and O–H groups in total. The monoisotopic (exact) mass is 328 g/mol. The molecule has 0 aromatic heterocycles. The second kappa shape index (κ2) is 6.02. The van der Waals surface area contributed by atoms with Gasteiger partial charge in [-0.05, 0) is 52.3 Å². The van der Waals surface area contributed by atoms with Gasteiger partial charge >= 0.3 is 0 Å². The maximum absolute atomic E-state index is 13.7. The summed E-state index contributed by atoms with van der Waals surface area (Å²) in [7, 11) is 1.56. The van der Waals surface area contributed by atoms with Crippen LogP contribution in [0.15, 0.2) is 40.9 Å². The molecule has 2 rings (SSSR count). The van der Waals surface area contributed by atoms with Crippen LogP contribution in [0, 0.1) is 11.6 Å². The lowest BCUT2D eigenvalue weighted by molar-refractivity contribution is 0.291. The Balaban J connectivity index is 2.12. The van der Waals surface area contributed by atoms with Gasteiger partial charge in [-0.2, -0.15) is 0 Å². The summed E-state index contributed by atoms with van der Waals surface area (Å²) in [6.07, 6.45) is 0. The molecule has 100 valence electrons. The molecule has 2 nitrogen and oxygen atoms in total. The normalized spacial score (nSPS) is 10.3. The summed E-state index contributed by atoms with van der Waals surface area (Å²) in [4.78, 5) is 0. The zero-order valence-corrected chi connectivity index (χ0v) is 11.7. The first-order valence-electron chi connectivity index (χ1n) is 5.51. The van der Waals surface area contributed by atoms with Gasteiger partial charge in [-0.25, -0.2) is 8.78 Å². The predicted octanol–water partition coefficient (Wildman–Crippen LogP) is 4.31. The molecular weight excluding hydrogens is 318 g/mol. The van der Waals surface area contributed by atoms with E-state index in [1.807, 2.05) is 0 Å². The van der Waals surface area contributed by atoms with Crippen molar-refractivity contribution in [3.05, 3.63) is 58.1 Å². The van der Waals surface area contributed by atoms with Gasteiger partial charge in [-0.3, -0.25) is 0 Å².